The van der Waals surface area contributed by atoms with Gasteiger partial charge in [0, 0.05) is 10.6 Å². The Balaban J connectivity index is 1.62. The highest BCUT2D eigenvalue weighted by Gasteiger charge is 2.37. The Morgan fingerprint density at radius 2 is 1.62 bits per heavy atom. The van der Waals surface area contributed by atoms with Crippen LogP contribution < -0.4 is 15.0 Å². The van der Waals surface area contributed by atoms with Crippen molar-refractivity contribution in [1.29, 1.82) is 0 Å². The number of barbiturate groups is 1. The number of benzene rings is 3. The zero-order valence-electron chi connectivity index (χ0n) is 16.5. The van der Waals surface area contributed by atoms with Gasteiger partial charge in [0.1, 0.15) is 23.7 Å². The molecule has 1 aliphatic heterocycles. The first-order valence-corrected chi connectivity index (χ1v) is 9.93. The molecule has 0 aromatic heterocycles. The van der Waals surface area contributed by atoms with Gasteiger partial charge in [-0.15, -0.1) is 0 Å². The molecule has 6 nitrogen and oxygen atoms in total. The van der Waals surface area contributed by atoms with Gasteiger partial charge in [-0.2, -0.15) is 0 Å². The molecule has 1 N–H and O–H groups in total. The highest BCUT2D eigenvalue weighted by Crippen LogP contribution is 2.26. The lowest BCUT2D eigenvalue weighted by Gasteiger charge is -2.26. The molecule has 0 aliphatic carbocycles. The minimum atomic E-state index is -0.906. The molecule has 0 radical (unpaired) electrons. The van der Waals surface area contributed by atoms with Crippen molar-refractivity contribution < 1.29 is 23.5 Å². The summed E-state index contributed by atoms with van der Waals surface area (Å²) in [6.07, 6.45) is 1.36. The van der Waals surface area contributed by atoms with Gasteiger partial charge in [-0.1, -0.05) is 41.9 Å². The molecule has 1 fully saturated rings. The van der Waals surface area contributed by atoms with Crippen molar-refractivity contribution in [1.82, 2.24) is 5.32 Å². The van der Waals surface area contributed by atoms with Crippen LogP contribution in [0.3, 0.4) is 0 Å². The number of ether oxygens (including phenoxy) is 1. The van der Waals surface area contributed by atoms with Crippen LogP contribution in [0.4, 0.5) is 14.9 Å². The second-order valence-corrected chi connectivity index (χ2v) is 7.32. The minimum Gasteiger partial charge on any atom is -0.488 e. The molecule has 4 rings (SSSR count). The van der Waals surface area contributed by atoms with E-state index in [0.29, 0.717) is 16.3 Å². The molecule has 0 saturated carbocycles. The molecule has 3 aromatic rings. The van der Waals surface area contributed by atoms with Gasteiger partial charge in [-0.3, -0.25) is 14.9 Å². The number of amides is 4. The summed E-state index contributed by atoms with van der Waals surface area (Å²) in [5.74, 6) is -1.72. The Morgan fingerprint density at radius 1 is 0.938 bits per heavy atom. The van der Waals surface area contributed by atoms with E-state index in [-0.39, 0.29) is 17.9 Å². The largest absolute Gasteiger partial charge is 0.488 e. The predicted octanol–water partition coefficient (Wildman–Crippen LogP) is 4.72. The molecule has 1 aliphatic rings. The molecule has 1 saturated heterocycles. The molecular formula is C24H16ClFN2O4. The van der Waals surface area contributed by atoms with Crippen LogP contribution in [0.2, 0.25) is 5.02 Å². The first-order chi connectivity index (χ1) is 15.4. The first kappa shape index (κ1) is 21.3. The number of halogens is 2. The number of hydrogen-bond acceptors (Lipinski definition) is 4. The van der Waals surface area contributed by atoms with Crippen LogP contribution in [0.1, 0.15) is 11.1 Å². The van der Waals surface area contributed by atoms with Crippen LogP contribution >= 0.6 is 11.6 Å². The number of carbonyl (C=O) groups is 3. The van der Waals surface area contributed by atoms with Gasteiger partial charge in [-0.25, -0.2) is 14.1 Å². The van der Waals surface area contributed by atoms with Gasteiger partial charge in [0.2, 0.25) is 0 Å². The monoisotopic (exact) mass is 450 g/mol. The van der Waals surface area contributed by atoms with E-state index in [2.05, 4.69) is 5.32 Å². The predicted molar refractivity (Wildman–Crippen MR) is 118 cm³/mol. The quantitative estimate of drug-likeness (QED) is 0.450. The van der Waals surface area contributed by atoms with Crippen molar-refractivity contribution in [2.45, 2.75) is 6.61 Å². The number of nitrogens with zero attached hydrogens (tertiary/aromatic N) is 1. The van der Waals surface area contributed by atoms with Crippen molar-refractivity contribution in [3.63, 3.8) is 0 Å². The second-order valence-electron chi connectivity index (χ2n) is 6.89. The summed E-state index contributed by atoms with van der Waals surface area (Å²) in [7, 11) is 0. The standard InChI is InChI=1S/C24H16ClFN2O4/c25-17-7-5-15(6-8-17)14-32-21-4-2-1-3-16(21)13-20-22(29)27-24(31)28(23(20)30)19-11-9-18(26)10-12-19/h1-13H,14H2,(H,27,29,31)/b20-13+. The Hall–Kier alpha value is -3.97. The number of imide groups is 2. The van der Waals surface area contributed by atoms with Crippen LogP contribution in [-0.4, -0.2) is 17.8 Å². The molecule has 0 bridgehead atoms. The van der Waals surface area contributed by atoms with Crippen LogP contribution in [0.5, 0.6) is 5.75 Å². The molecule has 4 amide bonds. The number of hydrogen-bond donors (Lipinski definition) is 1. The molecule has 0 atom stereocenters. The van der Waals surface area contributed by atoms with Gasteiger partial charge in [0.15, 0.2) is 0 Å². The maximum atomic E-state index is 13.2. The third-order valence-electron chi connectivity index (χ3n) is 4.71. The SMILES string of the molecule is O=C1NC(=O)N(c2ccc(F)cc2)C(=O)/C1=C/c1ccccc1OCc1ccc(Cl)cc1. The van der Waals surface area contributed by atoms with Crippen LogP contribution in [0, 0.1) is 5.82 Å². The van der Waals surface area contributed by atoms with Crippen molar-refractivity contribution >= 4 is 41.2 Å². The van der Waals surface area contributed by atoms with Gasteiger partial charge in [-0.05, 0) is 54.1 Å². The van der Waals surface area contributed by atoms with Crippen molar-refractivity contribution in [2.75, 3.05) is 4.90 Å². The zero-order valence-corrected chi connectivity index (χ0v) is 17.3. The Kier molecular flexibility index (Phi) is 6.00. The number of rotatable bonds is 5. The fraction of sp³-hybridized carbons (Fsp3) is 0.0417. The summed E-state index contributed by atoms with van der Waals surface area (Å²) < 4.78 is 19.1. The molecule has 8 heteroatoms. The van der Waals surface area contributed by atoms with Crippen molar-refractivity contribution in [2.24, 2.45) is 0 Å². The van der Waals surface area contributed by atoms with Crippen molar-refractivity contribution in [3.8, 4) is 5.75 Å². The topological polar surface area (TPSA) is 75.7 Å². The van der Waals surface area contributed by atoms with E-state index >= 15 is 0 Å². The summed E-state index contributed by atoms with van der Waals surface area (Å²) in [5.41, 5.74) is 1.25. The van der Waals surface area contributed by atoms with Gasteiger partial charge < -0.3 is 4.74 Å². The molecule has 3 aromatic carbocycles. The van der Waals surface area contributed by atoms with E-state index in [1.807, 2.05) is 12.1 Å². The lowest BCUT2D eigenvalue weighted by Crippen LogP contribution is -2.54. The fourth-order valence-corrected chi connectivity index (χ4v) is 3.24. The highest BCUT2D eigenvalue weighted by molar-refractivity contribution is 6.39. The second kappa shape index (κ2) is 9.03. The molecule has 0 unspecified atom stereocenters. The highest BCUT2D eigenvalue weighted by atomic mass is 35.5. The lowest BCUT2D eigenvalue weighted by atomic mass is 10.1. The molecule has 160 valence electrons. The Morgan fingerprint density at radius 3 is 2.34 bits per heavy atom. The third-order valence-corrected chi connectivity index (χ3v) is 4.96. The lowest BCUT2D eigenvalue weighted by molar-refractivity contribution is -0.122. The summed E-state index contributed by atoms with van der Waals surface area (Å²) >= 11 is 5.90. The average molecular weight is 451 g/mol. The first-order valence-electron chi connectivity index (χ1n) is 9.55. The van der Waals surface area contributed by atoms with E-state index in [0.717, 1.165) is 22.6 Å². The third kappa shape index (κ3) is 4.53. The number of para-hydroxylation sites is 1. The van der Waals surface area contributed by atoms with Crippen molar-refractivity contribution in [3.05, 3.63) is 100 Å². The maximum absolute atomic E-state index is 13.2. The number of anilines is 1. The van der Waals surface area contributed by atoms with E-state index in [9.17, 15) is 18.8 Å². The van der Waals surface area contributed by atoms with E-state index in [4.69, 9.17) is 16.3 Å². The van der Waals surface area contributed by atoms with Gasteiger partial charge >= 0.3 is 6.03 Å². The van der Waals surface area contributed by atoms with Crippen LogP contribution in [0.15, 0.2) is 78.4 Å². The zero-order chi connectivity index (χ0) is 22.7. The van der Waals surface area contributed by atoms with Crippen LogP contribution in [-0.2, 0) is 16.2 Å². The molecule has 32 heavy (non-hydrogen) atoms. The fourth-order valence-electron chi connectivity index (χ4n) is 3.11. The maximum Gasteiger partial charge on any atom is 0.335 e. The summed E-state index contributed by atoms with van der Waals surface area (Å²) in [6, 6.07) is 17.9. The van der Waals surface area contributed by atoms with E-state index < -0.39 is 23.7 Å². The number of nitrogens with one attached hydrogen (secondary N) is 1. The molecular weight excluding hydrogens is 435 g/mol. The smallest absolute Gasteiger partial charge is 0.335 e. The Labute approximate surface area is 187 Å². The van der Waals surface area contributed by atoms with Gasteiger partial charge in [0.25, 0.3) is 11.8 Å². The van der Waals surface area contributed by atoms with E-state index in [1.54, 1.807) is 36.4 Å². The number of urea groups is 1. The number of carbonyl (C=O) groups excluding carboxylic acids is 3. The summed E-state index contributed by atoms with van der Waals surface area (Å²) in [4.78, 5) is 38.4. The normalized spacial score (nSPS) is 15.1. The van der Waals surface area contributed by atoms with Gasteiger partial charge in [0.05, 0.1) is 5.69 Å². The van der Waals surface area contributed by atoms with Crippen LogP contribution in [0.25, 0.3) is 6.08 Å². The molecule has 1 heterocycles. The Bertz CT molecular complexity index is 1220. The summed E-state index contributed by atoms with van der Waals surface area (Å²) in [6.45, 7) is 0.248. The average Bonchev–Trinajstić information content (AvgIpc) is 2.78. The summed E-state index contributed by atoms with van der Waals surface area (Å²) in [5, 5.41) is 2.75. The van der Waals surface area contributed by atoms with E-state index in [1.165, 1.54) is 18.2 Å². The minimum absolute atomic E-state index is 0.138. The molecule has 0 spiro atoms.